The summed E-state index contributed by atoms with van der Waals surface area (Å²) in [6.07, 6.45) is 6.63. The van der Waals surface area contributed by atoms with Gasteiger partial charge < -0.3 is 10.6 Å². The van der Waals surface area contributed by atoms with Crippen LogP contribution in [-0.4, -0.2) is 13.1 Å². The quantitative estimate of drug-likeness (QED) is 0.787. The Morgan fingerprint density at radius 3 is 2.68 bits per heavy atom. The molecule has 1 aliphatic carbocycles. The molecule has 104 valence electrons. The van der Waals surface area contributed by atoms with Crippen molar-refractivity contribution >= 4 is 23.0 Å². The average Bonchev–Trinajstić information content (AvgIpc) is 2.42. The van der Waals surface area contributed by atoms with Crippen LogP contribution in [0, 0.1) is 17.7 Å². The molecule has 1 aromatic carbocycles. The lowest BCUT2D eigenvalue weighted by Gasteiger charge is -2.42. The molecule has 0 amide bonds. The fraction of sp³-hybridized carbons (Fsp3) is 0.600. The van der Waals surface area contributed by atoms with Gasteiger partial charge in [-0.15, -0.1) is 0 Å². The van der Waals surface area contributed by atoms with E-state index in [1.807, 2.05) is 0 Å². The number of benzene rings is 1. The summed E-state index contributed by atoms with van der Waals surface area (Å²) in [6, 6.07) is 3.01. The van der Waals surface area contributed by atoms with Crippen LogP contribution in [0.25, 0.3) is 0 Å². The van der Waals surface area contributed by atoms with Gasteiger partial charge >= 0.3 is 0 Å². The molecule has 0 aromatic heterocycles. The number of anilines is 2. The van der Waals surface area contributed by atoms with Crippen molar-refractivity contribution in [1.82, 2.24) is 0 Å². The molecule has 19 heavy (non-hydrogen) atoms. The topological polar surface area (TPSA) is 29.3 Å². The molecule has 3 rings (SSSR count). The van der Waals surface area contributed by atoms with Crippen LogP contribution >= 0.6 is 11.6 Å². The van der Waals surface area contributed by atoms with Crippen molar-refractivity contribution in [3.8, 4) is 0 Å². The molecule has 0 radical (unpaired) electrons. The molecule has 2 N–H and O–H groups in total. The van der Waals surface area contributed by atoms with Crippen LogP contribution in [0.1, 0.15) is 32.1 Å². The third kappa shape index (κ3) is 2.53. The maximum absolute atomic E-state index is 13.4. The molecule has 2 aliphatic rings. The Bertz CT molecular complexity index is 477. The maximum atomic E-state index is 13.4. The summed E-state index contributed by atoms with van der Waals surface area (Å²) in [5.74, 6) is 1.21. The third-order valence-electron chi connectivity index (χ3n) is 4.70. The molecule has 4 heteroatoms. The summed E-state index contributed by atoms with van der Waals surface area (Å²) in [5.41, 5.74) is 7.34. The van der Waals surface area contributed by atoms with Crippen molar-refractivity contribution in [3.63, 3.8) is 0 Å². The molecule has 2 nitrogen and oxygen atoms in total. The number of rotatable bonds is 1. The number of nitrogens with zero attached hydrogens (tertiary/aromatic N) is 1. The number of nitrogen functional groups attached to an aromatic ring is 1. The van der Waals surface area contributed by atoms with Crippen molar-refractivity contribution in [3.05, 3.63) is 23.0 Å². The molecule has 1 aliphatic heterocycles. The largest absolute Gasteiger partial charge is 0.397 e. The monoisotopic (exact) mass is 282 g/mol. The van der Waals surface area contributed by atoms with Crippen LogP contribution in [0.3, 0.4) is 0 Å². The van der Waals surface area contributed by atoms with E-state index < -0.39 is 5.82 Å². The first-order chi connectivity index (χ1) is 9.15. The number of hydrogen-bond acceptors (Lipinski definition) is 2. The van der Waals surface area contributed by atoms with Crippen molar-refractivity contribution in [1.29, 1.82) is 0 Å². The Balaban J connectivity index is 1.81. The van der Waals surface area contributed by atoms with Gasteiger partial charge in [0.05, 0.1) is 16.4 Å². The van der Waals surface area contributed by atoms with Gasteiger partial charge in [0.1, 0.15) is 5.82 Å². The minimum absolute atomic E-state index is 0.162. The molecule has 2 fully saturated rings. The first-order valence-corrected chi connectivity index (χ1v) is 7.52. The maximum Gasteiger partial charge on any atom is 0.143 e. The van der Waals surface area contributed by atoms with E-state index in [-0.39, 0.29) is 5.02 Å². The van der Waals surface area contributed by atoms with Gasteiger partial charge in [-0.1, -0.05) is 30.9 Å². The Morgan fingerprint density at radius 2 is 1.89 bits per heavy atom. The summed E-state index contributed by atoms with van der Waals surface area (Å²) in [4.78, 5) is 2.28. The minimum Gasteiger partial charge on any atom is -0.397 e. The summed E-state index contributed by atoms with van der Waals surface area (Å²) in [7, 11) is 0. The zero-order valence-corrected chi connectivity index (χ0v) is 11.8. The van der Waals surface area contributed by atoms with Gasteiger partial charge in [-0.3, -0.25) is 0 Å². The van der Waals surface area contributed by atoms with Gasteiger partial charge in [-0.2, -0.15) is 0 Å². The Labute approximate surface area is 118 Å². The van der Waals surface area contributed by atoms with E-state index in [1.54, 1.807) is 6.07 Å². The Kier molecular flexibility index (Phi) is 3.57. The molecule has 1 saturated carbocycles. The van der Waals surface area contributed by atoms with Gasteiger partial charge in [0, 0.05) is 19.2 Å². The molecule has 2 atom stereocenters. The van der Waals surface area contributed by atoms with E-state index >= 15 is 0 Å². The first-order valence-electron chi connectivity index (χ1n) is 7.14. The third-order valence-corrected chi connectivity index (χ3v) is 4.99. The molecule has 1 saturated heterocycles. The van der Waals surface area contributed by atoms with Crippen LogP contribution in [0.4, 0.5) is 15.8 Å². The molecule has 2 unspecified atom stereocenters. The van der Waals surface area contributed by atoms with Crippen LogP contribution in [0.2, 0.25) is 5.02 Å². The number of fused-ring (bicyclic) bond motifs is 1. The predicted octanol–water partition coefficient (Wildman–Crippen LogP) is 4.08. The van der Waals surface area contributed by atoms with E-state index in [0.29, 0.717) is 5.69 Å². The van der Waals surface area contributed by atoms with E-state index in [2.05, 4.69) is 4.90 Å². The summed E-state index contributed by atoms with van der Waals surface area (Å²) >= 11 is 5.89. The lowest BCUT2D eigenvalue weighted by atomic mass is 9.75. The highest BCUT2D eigenvalue weighted by molar-refractivity contribution is 6.31. The minimum atomic E-state index is -0.435. The molecular weight excluding hydrogens is 263 g/mol. The molecular formula is C15H20ClFN2. The average molecular weight is 283 g/mol. The van der Waals surface area contributed by atoms with Crippen LogP contribution < -0.4 is 10.6 Å². The van der Waals surface area contributed by atoms with Crippen LogP contribution in [-0.2, 0) is 0 Å². The highest BCUT2D eigenvalue weighted by atomic mass is 35.5. The number of hydrogen-bond donors (Lipinski definition) is 1. The highest BCUT2D eigenvalue weighted by Gasteiger charge is 2.31. The van der Waals surface area contributed by atoms with Gasteiger partial charge in [0.15, 0.2) is 0 Å². The summed E-state index contributed by atoms with van der Waals surface area (Å²) < 4.78 is 13.4. The van der Waals surface area contributed by atoms with Gasteiger partial charge in [0.25, 0.3) is 0 Å². The summed E-state index contributed by atoms with van der Waals surface area (Å²) in [6.45, 7) is 2.05. The fourth-order valence-corrected chi connectivity index (χ4v) is 3.80. The lowest BCUT2D eigenvalue weighted by Crippen LogP contribution is -2.42. The number of nitrogens with two attached hydrogens (primary N) is 1. The second-order valence-electron chi connectivity index (χ2n) is 5.86. The first kappa shape index (κ1) is 13.0. The summed E-state index contributed by atoms with van der Waals surface area (Å²) in [5, 5.41) is 0.162. The molecule has 1 aromatic rings. The Hall–Kier alpha value is -0.960. The predicted molar refractivity (Wildman–Crippen MR) is 78.1 cm³/mol. The SMILES string of the molecule is Nc1cc(F)c(Cl)cc1N1CCC2CCCCC2C1. The number of piperidine rings is 1. The smallest absolute Gasteiger partial charge is 0.143 e. The fourth-order valence-electron chi connectivity index (χ4n) is 3.65. The number of halogens is 2. The van der Waals surface area contributed by atoms with Crippen LogP contribution in [0.15, 0.2) is 12.1 Å². The second-order valence-corrected chi connectivity index (χ2v) is 6.27. The van der Waals surface area contributed by atoms with Crippen LogP contribution in [0.5, 0.6) is 0 Å². The lowest BCUT2D eigenvalue weighted by molar-refractivity contribution is 0.202. The zero-order valence-electron chi connectivity index (χ0n) is 11.0. The molecule has 0 spiro atoms. The van der Waals surface area contributed by atoms with Gasteiger partial charge in [-0.25, -0.2) is 4.39 Å². The molecule has 1 heterocycles. The normalized spacial score (nSPS) is 27.2. The highest BCUT2D eigenvalue weighted by Crippen LogP contribution is 2.39. The van der Waals surface area contributed by atoms with Crippen molar-refractivity contribution in [2.45, 2.75) is 32.1 Å². The van der Waals surface area contributed by atoms with Crippen molar-refractivity contribution in [2.24, 2.45) is 11.8 Å². The second kappa shape index (κ2) is 5.20. The standard InChI is InChI=1S/C15H20ClFN2/c16-12-7-15(14(18)8-13(12)17)19-6-5-10-3-1-2-4-11(10)9-19/h7-8,10-11H,1-6,9,18H2. The van der Waals surface area contributed by atoms with Crippen molar-refractivity contribution < 1.29 is 4.39 Å². The van der Waals surface area contributed by atoms with E-state index in [0.717, 1.165) is 30.6 Å². The van der Waals surface area contributed by atoms with E-state index in [1.165, 1.54) is 38.2 Å². The Morgan fingerprint density at radius 1 is 1.16 bits per heavy atom. The van der Waals surface area contributed by atoms with E-state index in [4.69, 9.17) is 17.3 Å². The van der Waals surface area contributed by atoms with Crippen molar-refractivity contribution in [2.75, 3.05) is 23.7 Å². The zero-order chi connectivity index (χ0) is 13.4. The van der Waals surface area contributed by atoms with Gasteiger partial charge in [0.2, 0.25) is 0 Å². The van der Waals surface area contributed by atoms with E-state index in [9.17, 15) is 4.39 Å². The molecule has 0 bridgehead atoms. The van der Waals surface area contributed by atoms with Gasteiger partial charge in [-0.05, 0) is 30.7 Å².